The number of ether oxygens (including phenoxy) is 4. The van der Waals surface area contributed by atoms with E-state index in [1.807, 2.05) is 24.3 Å². The third-order valence-electron chi connectivity index (χ3n) is 7.45. The number of rotatable bonds is 6. The van der Waals surface area contributed by atoms with Crippen LogP contribution in [0.4, 0.5) is 10.1 Å². The molecule has 1 aromatic heterocycles. The maximum Gasteiger partial charge on any atom is 0.142 e. The lowest BCUT2D eigenvalue weighted by atomic mass is 9.98. The number of aromatic amines is 1. The quantitative estimate of drug-likeness (QED) is 0.336. The fraction of sp³-hybridized carbons (Fsp3) is 0.323. The van der Waals surface area contributed by atoms with Crippen molar-refractivity contribution in [2.45, 2.75) is 18.9 Å². The van der Waals surface area contributed by atoms with Gasteiger partial charge in [-0.25, -0.2) is 4.39 Å². The minimum absolute atomic E-state index is 0.00993. The Morgan fingerprint density at radius 3 is 2.46 bits per heavy atom. The fourth-order valence-electron chi connectivity index (χ4n) is 5.39. The van der Waals surface area contributed by atoms with Crippen molar-refractivity contribution in [2.75, 3.05) is 51.5 Å². The number of aromatic nitrogens is 1. The monoisotopic (exact) mass is 527 g/mol. The summed E-state index contributed by atoms with van der Waals surface area (Å²) in [6.07, 6.45) is 1.58. The Morgan fingerprint density at radius 1 is 0.923 bits per heavy atom. The van der Waals surface area contributed by atoms with Crippen molar-refractivity contribution in [3.8, 4) is 40.0 Å². The molecule has 7 nitrogen and oxygen atoms in total. The standard InChI is InChI=1S/C31H30FN3O4/c1-36-30-17-20(2-6-28(30)35-10-14-38-15-11-35)27-18-24-26(34-27)5-4-25(32)31(24)21-3-7-29(22(16-21)19-33)39-23-8-12-37-13-9-23/h2-7,16-18,23,34H,8-15H2,1H3. The number of nitriles is 1. The van der Waals surface area contributed by atoms with E-state index in [9.17, 15) is 5.26 Å². The van der Waals surface area contributed by atoms with E-state index in [2.05, 4.69) is 22.0 Å². The number of hydrogen-bond acceptors (Lipinski definition) is 6. The van der Waals surface area contributed by atoms with Gasteiger partial charge in [0.15, 0.2) is 0 Å². The normalized spacial score (nSPS) is 16.3. The van der Waals surface area contributed by atoms with Gasteiger partial charge in [-0.2, -0.15) is 5.26 Å². The highest BCUT2D eigenvalue weighted by Crippen LogP contribution is 2.38. The second kappa shape index (κ2) is 11.0. The van der Waals surface area contributed by atoms with E-state index >= 15 is 4.39 Å². The van der Waals surface area contributed by atoms with Crippen LogP contribution in [0.25, 0.3) is 33.3 Å². The van der Waals surface area contributed by atoms with E-state index in [0.29, 0.717) is 48.9 Å². The lowest BCUT2D eigenvalue weighted by Gasteiger charge is -2.30. The molecule has 3 aromatic carbocycles. The molecule has 0 aliphatic carbocycles. The van der Waals surface area contributed by atoms with Crippen molar-refractivity contribution in [1.29, 1.82) is 5.26 Å². The van der Waals surface area contributed by atoms with Crippen LogP contribution >= 0.6 is 0 Å². The van der Waals surface area contributed by atoms with E-state index in [-0.39, 0.29) is 11.9 Å². The summed E-state index contributed by atoms with van der Waals surface area (Å²) in [6, 6.07) is 18.8. The van der Waals surface area contributed by atoms with Crippen LogP contribution in [0.3, 0.4) is 0 Å². The van der Waals surface area contributed by atoms with Gasteiger partial charge in [-0.05, 0) is 48.0 Å². The molecule has 39 heavy (non-hydrogen) atoms. The number of H-pyrrole nitrogens is 1. The number of nitrogens with one attached hydrogen (secondary N) is 1. The first-order valence-electron chi connectivity index (χ1n) is 13.3. The molecule has 3 heterocycles. The van der Waals surface area contributed by atoms with Gasteiger partial charge < -0.3 is 28.8 Å². The number of fused-ring (bicyclic) bond motifs is 1. The summed E-state index contributed by atoms with van der Waals surface area (Å²) >= 11 is 0. The molecule has 1 N–H and O–H groups in total. The van der Waals surface area contributed by atoms with E-state index in [4.69, 9.17) is 18.9 Å². The van der Waals surface area contributed by atoms with Crippen LogP contribution in [0.15, 0.2) is 54.6 Å². The first-order chi connectivity index (χ1) is 19.1. The minimum Gasteiger partial charge on any atom is -0.495 e. The summed E-state index contributed by atoms with van der Waals surface area (Å²) in [5.41, 5.74) is 5.07. The average molecular weight is 528 g/mol. The fourth-order valence-corrected chi connectivity index (χ4v) is 5.39. The molecule has 8 heteroatoms. The summed E-state index contributed by atoms with van der Waals surface area (Å²) in [5, 5.41) is 10.6. The second-order valence-electron chi connectivity index (χ2n) is 9.81. The maximum atomic E-state index is 15.3. The van der Waals surface area contributed by atoms with Gasteiger partial charge in [0.1, 0.15) is 29.5 Å². The molecular formula is C31H30FN3O4. The molecule has 6 rings (SSSR count). The summed E-state index contributed by atoms with van der Waals surface area (Å²) in [4.78, 5) is 5.69. The molecule has 0 atom stereocenters. The molecule has 0 radical (unpaired) electrons. The van der Waals surface area contributed by atoms with Crippen LogP contribution in [0.1, 0.15) is 18.4 Å². The van der Waals surface area contributed by atoms with Crippen LogP contribution in [-0.4, -0.2) is 57.7 Å². The van der Waals surface area contributed by atoms with Gasteiger partial charge in [-0.15, -0.1) is 0 Å². The maximum absolute atomic E-state index is 15.3. The topological polar surface area (TPSA) is 79.7 Å². The SMILES string of the molecule is COc1cc(-c2cc3c(-c4ccc(OC5CCOCC5)c(C#N)c4)c(F)ccc3[nH]2)ccc1N1CCOCC1. The smallest absolute Gasteiger partial charge is 0.142 e. The van der Waals surface area contributed by atoms with Crippen molar-refractivity contribution >= 4 is 16.6 Å². The number of benzene rings is 3. The number of halogens is 1. The van der Waals surface area contributed by atoms with Gasteiger partial charge in [-0.3, -0.25) is 0 Å². The summed E-state index contributed by atoms with van der Waals surface area (Å²) in [7, 11) is 1.67. The van der Waals surface area contributed by atoms with Crippen LogP contribution < -0.4 is 14.4 Å². The summed E-state index contributed by atoms with van der Waals surface area (Å²) in [5.74, 6) is 0.941. The van der Waals surface area contributed by atoms with E-state index in [1.54, 1.807) is 25.3 Å². The van der Waals surface area contributed by atoms with Crippen LogP contribution in [0.2, 0.25) is 0 Å². The van der Waals surface area contributed by atoms with E-state index in [1.165, 1.54) is 6.07 Å². The number of methoxy groups -OCH3 is 1. The molecule has 2 saturated heterocycles. The highest BCUT2D eigenvalue weighted by molar-refractivity contribution is 5.99. The van der Waals surface area contributed by atoms with Crippen molar-refractivity contribution in [3.05, 3.63) is 66.0 Å². The van der Waals surface area contributed by atoms with Gasteiger partial charge in [0.2, 0.25) is 0 Å². The molecule has 4 aromatic rings. The van der Waals surface area contributed by atoms with Crippen LogP contribution in [-0.2, 0) is 9.47 Å². The molecule has 0 bridgehead atoms. The van der Waals surface area contributed by atoms with Crippen molar-refractivity contribution in [3.63, 3.8) is 0 Å². The largest absolute Gasteiger partial charge is 0.495 e. The zero-order chi connectivity index (χ0) is 26.8. The van der Waals surface area contributed by atoms with E-state index in [0.717, 1.165) is 59.5 Å². The van der Waals surface area contributed by atoms with Crippen LogP contribution in [0.5, 0.6) is 11.5 Å². The molecular weight excluding hydrogens is 497 g/mol. The third kappa shape index (κ3) is 5.03. The van der Waals surface area contributed by atoms with Crippen molar-refractivity contribution in [2.24, 2.45) is 0 Å². The zero-order valence-electron chi connectivity index (χ0n) is 21.8. The number of hydrogen-bond donors (Lipinski definition) is 1. The first-order valence-corrected chi connectivity index (χ1v) is 13.3. The summed E-state index contributed by atoms with van der Waals surface area (Å²) in [6.45, 7) is 4.31. The van der Waals surface area contributed by atoms with Gasteiger partial charge in [0.25, 0.3) is 0 Å². The van der Waals surface area contributed by atoms with Gasteiger partial charge in [0, 0.05) is 53.7 Å². The van der Waals surface area contributed by atoms with E-state index < -0.39 is 0 Å². The molecule has 0 amide bonds. The molecule has 2 aliphatic rings. The average Bonchev–Trinajstić information content (AvgIpc) is 3.42. The molecule has 200 valence electrons. The Balaban J connectivity index is 1.35. The van der Waals surface area contributed by atoms with Gasteiger partial charge in [-0.1, -0.05) is 12.1 Å². The number of morpholine rings is 1. The first kappa shape index (κ1) is 25.2. The summed E-state index contributed by atoms with van der Waals surface area (Å²) < 4.78 is 38.0. The lowest BCUT2D eigenvalue weighted by molar-refractivity contribution is 0.0254. The number of nitrogens with zero attached hydrogens (tertiary/aromatic N) is 2. The Hall–Kier alpha value is -4.06. The zero-order valence-corrected chi connectivity index (χ0v) is 21.8. The Kier molecular flexibility index (Phi) is 7.10. The highest BCUT2D eigenvalue weighted by atomic mass is 19.1. The Labute approximate surface area is 226 Å². The molecule has 0 unspecified atom stereocenters. The Bertz CT molecular complexity index is 1530. The molecule has 2 aliphatic heterocycles. The highest BCUT2D eigenvalue weighted by Gasteiger charge is 2.20. The van der Waals surface area contributed by atoms with Gasteiger partial charge in [0.05, 0.1) is 44.8 Å². The third-order valence-corrected chi connectivity index (χ3v) is 7.45. The molecule has 0 spiro atoms. The molecule has 0 saturated carbocycles. The second-order valence-corrected chi connectivity index (χ2v) is 9.81. The van der Waals surface area contributed by atoms with Gasteiger partial charge >= 0.3 is 0 Å². The Morgan fingerprint density at radius 2 is 1.69 bits per heavy atom. The predicted octanol–water partition coefficient (Wildman–Crippen LogP) is 5.92. The van der Waals surface area contributed by atoms with Crippen molar-refractivity contribution in [1.82, 2.24) is 4.98 Å². The van der Waals surface area contributed by atoms with Crippen LogP contribution in [0, 0.1) is 17.1 Å². The predicted molar refractivity (Wildman–Crippen MR) is 148 cm³/mol. The minimum atomic E-state index is -0.352. The number of anilines is 1. The van der Waals surface area contributed by atoms with Crippen molar-refractivity contribution < 1.29 is 23.3 Å². The molecule has 2 fully saturated rings. The lowest BCUT2D eigenvalue weighted by Crippen LogP contribution is -2.36.